The number of fused-ring (bicyclic) bond motifs is 1. The van der Waals surface area contributed by atoms with E-state index in [9.17, 15) is 9.59 Å². The van der Waals surface area contributed by atoms with Crippen LogP contribution in [-0.4, -0.2) is 59.9 Å². The van der Waals surface area contributed by atoms with Gasteiger partial charge in [0.15, 0.2) is 6.29 Å². The summed E-state index contributed by atoms with van der Waals surface area (Å²) >= 11 is 0. The van der Waals surface area contributed by atoms with Crippen LogP contribution in [0, 0.1) is 0 Å². The maximum absolute atomic E-state index is 12.8. The molecule has 2 aromatic rings. The Hall–Kier alpha value is -2.98. The number of rotatable bonds is 10. The van der Waals surface area contributed by atoms with Crippen LogP contribution in [0.4, 0.5) is 11.6 Å². The van der Waals surface area contributed by atoms with Crippen LogP contribution in [0.25, 0.3) is 0 Å². The number of nitrogens with one attached hydrogen (secondary N) is 1. The van der Waals surface area contributed by atoms with Gasteiger partial charge in [-0.1, -0.05) is 0 Å². The van der Waals surface area contributed by atoms with Crippen molar-refractivity contribution in [3.05, 3.63) is 40.3 Å². The van der Waals surface area contributed by atoms with Crippen LogP contribution in [0.15, 0.2) is 29.1 Å². The highest BCUT2D eigenvalue weighted by Gasteiger charge is 2.27. The number of carbonyl (C=O) groups is 1. The van der Waals surface area contributed by atoms with E-state index in [2.05, 4.69) is 15.5 Å². The zero-order chi connectivity index (χ0) is 21.5. The fraction of sp³-hybridized carbons (Fsp3) is 0.500. The van der Waals surface area contributed by atoms with Crippen LogP contribution in [0.1, 0.15) is 31.3 Å². The quantitative estimate of drug-likeness (QED) is 0.577. The summed E-state index contributed by atoms with van der Waals surface area (Å²) in [6.07, 6.45) is -0.579. The Labute approximate surface area is 174 Å². The summed E-state index contributed by atoms with van der Waals surface area (Å²) in [5.74, 6) is 0.572. The van der Waals surface area contributed by atoms with E-state index < -0.39 is 17.8 Å². The second-order valence-corrected chi connectivity index (χ2v) is 6.43. The lowest BCUT2D eigenvalue weighted by Crippen LogP contribution is -2.39. The fourth-order valence-electron chi connectivity index (χ4n) is 3.18. The van der Waals surface area contributed by atoms with Crippen LogP contribution >= 0.6 is 0 Å². The Kier molecular flexibility index (Phi) is 7.36. The number of hydrogen-bond acceptors (Lipinski definition) is 8. The largest absolute Gasteiger partial charge is 0.494 e. The molecule has 1 aliphatic rings. The standard InChI is InChI=1S/C20H27N5O5/c1-4-28-15-9-7-14(8-10-15)24-11-12-25-19(27)17(22-23-20(24)25)18(26)21-13-16(29-5-2)30-6-3/h7-10,16H,4-6,11-13H2,1-3H3,(H,21,26). The van der Waals surface area contributed by atoms with Crippen molar-refractivity contribution in [1.29, 1.82) is 0 Å². The van der Waals surface area contributed by atoms with Crippen LogP contribution in [0.3, 0.4) is 0 Å². The summed E-state index contributed by atoms with van der Waals surface area (Å²) in [4.78, 5) is 27.1. The Balaban J connectivity index is 1.74. The molecule has 1 aromatic heterocycles. The molecular formula is C20H27N5O5. The topological polar surface area (TPSA) is 108 Å². The van der Waals surface area contributed by atoms with Crippen molar-refractivity contribution in [1.82, 2.24) is 20.1 Å². The third kappa shape index (κ3) is 4.77. The van der Waals surface area contributed by atoms with Crippen molar-refractivity contribution in [3.63, 3.8) is 0 Å². The second kappa shape index (κ2) is 10.2. The molecule has 0 bridgehead atoms. The van der Waals surface area contributed by atoms with E-state index in [-0.39, 0.29) is 12.2 Å². The van der Waals surface area contributed by atoms with Crippen LogP contribution in [0.2, 0.25) is 0 Å². The summed E-state index contributed by atoms with van der Waals surface area (Å²) in [6, 6.07) is 7.52. The molecule has 1 N–H and O–H groups in total. The minimum atomic E-state index is -0.605. The average Bonchev–Trinajstić information content (AvgIpc) is 3.18. The van der Waals surface area contributed by atoms with Gasteiger partial charge in [-0.2, -0.15) is 0 Å². The molecule has 1 aromatic carbocycles. The minimum Gasteiger partial charge on any atom is -0.494 e. The lowest BCUT2D eigenvalue weighted by molar-refractivity contribution is -0.131. The zero-order valence-corrected chi connectivity index (χ0v) is 17.5. The molecule has 10 heteroatoms. The van der Waals surface area contributed by atoms with Crippen molar-refractivity contribution in [2.75, 3.05) is 37.8 Å². The monoisotopic (exact) mass is 417 g/mol. The van der Waals surface area contributed by atoms with Gasteiger partial charge < -0.3 is 24.4 Å². The van der Waals surface area contributed by atoms with E-state index in [0.29, 0.717) is 38.9 Å². The molecule has 0 atom stereocenters. The van der Waals surface area contributed by atoms with Gasteiger partial charge >= 0.3 is 0 Å². The van der Waals surface area contributed by atoms with Gasteiger partial charge in [0.1, 0.15) is 5.75 Å². The predicted molar refractivity (Wildman–Crippen MR) is 110 cm³/mol. The highest BCUT2D eigenvalue weighted by Crippen LogP contribution is 2.28. The first-order valence-corrected chi connectivity index (χ1v) is 10.1. The van der Waals surface area contributed by atoms with Crippen LogP contribution in [-0.2, 0) is 16.0 Å². The third-order valence-electron chi connectivity index (χ3n) is 4.53. The van der Waals surface area contributed by atoms with E-state index >= 15 is 0 Å². The van der Waals surface area contributed by atoms with Gasteiger partial charge in [-0.25, -0.2) is 0 Å². The van der Waals surface area contributed by atoms with Gasteiger partial charge in [-0.15, -0.1) is 10.2 Å². The highest BCUT2D eigenvalue weighted by molar-refractivity contribution is 5.91. The molecular weight excluding hydrogens is 390 g/mol. The Bertz CT molecular complexity index is 909. The zero-order valence-electron chi connectivity index (χ0n) is 17.5. The smallest absolute Gasteiger partial charge is 0.286 e. The van der Waals surface area contributed by atoms with Gasteiger partial charge in [-0.3, -0.25) is 14.2 Å². The van der Waals surface area contributed by atoms with Gasteiger partial charge in [-0.05, 0) is 45.0 Å². The molecule has 30 heavy (non-hydrogen) atoms. The molecule has 0 unspecified atom stereocenters. The normalized spacial score (nSPS) is 12.9. The summed E-state index contributed by atoms with van der Waals surface area (Å²) in [6.45, 7) is 8.16. The summed E-state index contributed by atoms with van der Waals surface area (Å²) < 4.78 is 17.7. The molecule has 3 rings (SSSR count). The van der Waals surface area contributed by atoms with Gasteiger partial charge in [0.2, 0.25) is 11.6 Å². The number of carbonyl (C=O) groups excluding carboxylic acids is 1. The predicted octanol–water partition coefficient (Wildman–Crippen LogP) is 1.32. The molecule has 2 heterocycles. The Morgan fingerprint density at radius 3 is 2.40 bits per heavy atom. The third-order valence-corrected chi connectivity index (χ3v) is 4.53. The summed E-state index contributed by atoms with van der Waals surface area (Å²) in [5.41, 5.74) is 0.140. The fourth-order valence-corrected chi connectivity index (χ4v) is 3.18. The summed E-state index contributed by atoms with van der Waals surface area (Å²) in [5, 5.41) is 10.7. The Morgan fingerprint density at radius 1 is 1.07 bits per heavy atom. The van der Waals surface area contributed by atoms with Crippen molar-refractivity contribution in [2.24, 2.45) is 0 Å². The average molecular weight is 417 g/mol. The second-order valence-electron chi connectivity index (χ2n) is 6.43. The van der Waals surface area contributed by atoms with E-state index in [1.54, 1.807) is 0 Å². The first-order valence-electron chi connectivity index (χ1n) is 10.1. The number of hydrogen-bond donors (Lipinski definition) is 1. The number of ether oxygens (including phenoxy) is 3. The lowest BCUT2D eigenvalue weighted by Gasteiger charge is -2.18. The van der Waals surface area contributed by atoms with Gasteiger partial charge in [0.05, 0.1) is 13.2 Å². The molecule has 162 valence electrons. The number of anilines is 2. The van der Waals surface area contributed by atoms with Gasteiger partial charge in [0, 0.05) is 32.0 Å². The van der Waals surface area contributed by atoms with Crippen molar-refractivity contribution in [3.8, 4) is 5.75 Å². The SMILES string of the molecule is CCOc1ccc(N2CCn3c2nnc(C(=O)NCC(OCC)OCC)c3=O)cc1. The van der Waals surface area contributed by atoms with E-state index in [4.69, 9.17) is 14.2 Å². The lowest BCUT2D eigenvalue weighted by atomic mass is 10.3. The van der Waals surface area contributed by atoms with Crippen LogP contribution in [0.5, 0.6) is 5.75 Å². The molecule has 10 nitrogen and oxygen atoms in total. The number of nitrogens with zero attached hydrogens (tertiary/aromatic N) is 4. The van der Waals surface area contributed by atoms with Gasteiger partial charge in [0.25, 0.3) is 11.5 Å². The van der Waals surface area contributed by atoms with E-state index in [1.807, 2.05) is 49.9 Å². The van der Waals surface area contributed by atoms with Crippen molar-refractivity contribution < 1.29 is 19.0 Å². The number of benzene rings is 1. The summed E-state index contributed by atoms with van der Waals surface area (Å²) in [7, 11) is 0. The van der Waals surface area contributed by atoms with Crippen molar-refractivity contribution >= 4 is 17.5 Å². The maximum Gasteiger partial charge on any atom is 0.286 e. The molecule has 0 fully saturated rings. The van der Waals surface area contributed by atoms with E-state index in [0.717, 1.165) is 11.4 Å². The molecule has 0 saturated carbocycles. The maximum atomic E-state index is 12.8. The highest BCUT2D eigenvalue weighted by atomic mass is 16.7. The van der Waals surface area contributed by atoms with E-state index in [1.165, 1.54) is 4.57 Å². The first-order chi connectivity index (χ1) is 14.6. The van der Waals surface area contributed by atoms with Crippen molar-refractivity contribution in [2.45, 2.75) is 33.6 Å². The molecule has 0 spiro atoms. The molecule has 0 saturated heterocycles. The Morgan fingerprint density at radius 2 is 1.77 bits per heavy atom. The number of amides is 1. The minimum absolute atomic E-state index is 0.113. The first kappa shape index (κ1) is 21.7. The molecule has 1 amide bonds. The molecule has 0 radical (unpaired) electrons. The van der Waals surface area contributed by atoms with Crippen LogP contribution < -0.4 is 20.5 Å². The molecule has 0 aliphatic carbocycles. The number of aromatic nitrogens is 3. The molecule has 1 aliphatic heterocycles.